The largest absolute Gasteiger partial charge is 0.321 e. The van der Waals surface area contributed by atoms with Gasteiger partial charge in [0.2, 0.25) is 0 Å². The molecule has 4 heteroatoms. The molecule has 0 heterocycles. The first kappa shape index (κ1) is 11.9. The molecule has 0 aliphatic heterocycles. The van der Waals surface area contributed by atoms with E-state index in [9.17, 15) is 4.39 Å². The molecule has 2 nitrogen and oxygen atoms in total. The normalized spacial score (nSPS) is 10.2. The third kappa shape index (κ3) is 3.73. The number of hydrogen-bond donors (Lipinski definition) is 2. The van der Waals surface area contributed by atoms with Crippen LogP contribution < -0.4 is 10.9 Å². The van der Waals surface area contributed by atoms with Gasteiger partial charge in [-0.2, -0.15) is 0 Å². The zero-order chi connectivity index (χ0) is 12.1. The predicted molar refractivity (Wildman–Crippen MR) is 68.3 cm³/mol. The van der Waals surface area contributed by atoms with Crippen molar-refractivity contribution in [1.29, 1.82) is 0 Å². The SMILES string of the molecule is Fc1ccc(NNCc2ccc(Cl)cc2)cc1. The lowest BCUT2D eigenvalue weighted by molar-refractivity contribution is 0.628. The monoisotopic (exact) mass is 250 g/mol. The van der Waals surface area contributed by atoms with E-state index in [2.05, 4.69) is 10.9 Å². The van der Waals surface area contributed by atoms with Gasteiger partial charge in [-0.1, -0.05) is 23.7 Å². The van der Waals surface area contributed by atoms with Gasteiger partial charge in [-0.3, -0.25) is 0 Å². The van der Waals surface area contributed by atoms with Crippen molar-refractivity contribution in [2.24, 2.45) is 0 Å². The Morgan fingerprint density at radius 3 is 2.24 bits per heavy atom. The molecule has 0 fully saturated rings. The summed E-state index contributed by atoms with van der Waals surface area (Å²) in [6.07, 6.45) is 0. The molecule has 2 N–H and O–H groups in total. The fourth-order valence-electron chi connectivity index (χ4n) is 1.38. The first-order chi connectivity index (χ1) is 8.24. The number of anilines is 1. The summed E-state index contributed by atoms with van der Waals surface area (Å²) in [7, 11) is 0. The molecule has 2 aromatic carbocycles. The maximum atomic E-state index is 12.7. The molecule has 17 heavy (non-hydrogen) atoms. The zero-order valence-corrected chi connectivity index (χ0v) is 9.84. The lowest BCUT2D eigenvalue weighted by atomic mass is 10.2. The Hall–Kier alpha value is -1.58. The van der Waals surface area contributed by atoms with Crippen LogP contribution in [0, 0.1) is 5.82 Å². The van der Waals surface area contributed by atoms with E-state index in [4.69, 9.17) is 11.6 Å². The number of nitrogens with one attached hydrogen (secondary N) is 2. The Balaban J connectivity index is 1.83. The van der Waals surface area contributed by atoms with E-state index in [-0.39, 0.29) is 5.82 Å². The van der Waals surface area contributed by atoms with Crippen molar-refractivity contribution < 1.29 is 4.39 Å². The second-order valence-electron chi connectivity index (χ2n) is 3.61. The molecule has 0 aliphatic carbocycles. The maximum absolute atomic E-state index is 12.7. The minimum Gasteiger partial charge on any atom is -0.321 e. The van der Waals surface area contributed by atoms with Crippen LogP contribution in [0.4, 0.5) is 10.1 Å². The fourth-order valence-corrected chi connectivity index (χ4v) is 1.51. The van der Waals surface area contributed by atoms with Crippen molar-refractivity contribution in [1.82, 2.24) is 5.43 Å². The average Bonchev–Trinajstić information content (AvgIpc) is 2.34. The van der Waals surface area contributed by atoms with Gasteiger partial charge in [0.05, 0.1) is 0 Å². The summed E-state index contributed by atoms with van der Waals surface area (Å²) < 4.78 is 12.7. The average molecular weight is 251 g/mol. The lowest BCUT2D eigenvalue weighted by Gasteiger charge is -2.08. The molecule has 0 aromatic heterocycles. The van der Waals surface area contributed by atoms with Gasteiger partial charge in [0.1, 0.15) is 5.82 Å². The maximum Gasteiger partial charge on any atom is 0.123 e. The molecule has 0 spiro atoms. The van der Waals surface area contributed by atoms with Gasteiger partial charge in [-0.25, -0.2) is 9.82 Å². The molecule has 0 bridgehead atoms. The van der Waals surface area contributed by atoms with Gasteiger partial charge < -0.3 is 5.43 Å². The molecule has 0 saturated carbocycles. The molecule has 2 rings (SSSR count). The second kappa shape index (κ2) is 5.66. The summed E-state index contributed by atoms with van der Waals surface area (Å²) in [5, 5.41) is 0.722. The number of halogens is 2. The van der Waals surface area contributed by atoms with Gasteiger partial charge in [-0.15, -0.1) is 0 Å². The summed E-state index contributed by atoms with van der Waals surface area (Å²) in [6.45, 7) is 0.661. The lowest BCUT2D eigenvalue weighted by Crippen LogP contribution is -2.20. The van der Waals surface area contributed by atoms with Crippen molar-refractivity contribution >= 4 is 17.3 Å². The van der Waals surface area contributed by atoms with E-state index >= 15 is 0 Å². The van der Waals surface area contributed by atoms with Gasteiger partial charge in [-0.05, 0) is 42.0 Å². The highest BCUT2D eigenvalue weighted by atomic mass is 35.5. The number of benzene rings is 2. The van der Waals surface area contributed by atoms with E-state index in [0.29, 0.717) is 6.54 Å². The van der Waals surface area contributed by atoms with E-state index in [1.807, 2.05) is 24.3 Å². The molecule has 0 radical (unpaired) electrons. The Kier molecular flexibility index (Phi) is 3.96. The van der Waals surface area contributed by atoms with E-state index in [0.717, 1.165) is 16.3 Å². The number of hydrogen-bond acceptors (Lipinski definition) is 2. The molecular formula is C13H12ClFN2. The van der Waals surface area contributed by atoms with Gasteiger partial charge in [0, 0.05) is 17.3 Å². The van der Waals surface area contributed by atoms with Crippen LogP contribution >= 0.6 is 11.6 Å². The predicted octanol–water partition coefficient (Wildman–Crippen LogP) is 3.60. The molecule has 88 valence electrons. The van der Waals surface area contributed by atoms with Crippen molar-refractivity contribution in [2.75, 3.05) is 5.43 Å². The highest BCUT2D eigenvalue weighted by Crippen LogP contribution is 2.10. The molecule has 0 aliphatic rings. The topological polar surface area (TPSA) is 24.1 Å². The minimum absolute atomic E-state index is 0.242. The fraction of sp³-hybridized carbons (Fsp3) is 0.0769. The molecular weight excluding hydrogens is 239 g/mol. The Labute approximate surface area is 104 Å². The third-order valence-electron chi connectivity index (χ3n) is 2.28. The van der Waals surface area contributed by atoms with E-state index < -0.39 is 0 Å². The van der Waals surface area contributed by atoms with Crippen LogP contribution in [0.2, 0.25) is 5.02 Å². The highest BCUT2D eigenvalue weighted by Gasteiger charge is 1.94. The number of rotatable bonds is 4. The van der Waals surface area contributed by atoms with Crippen LogP contribution in [0.1, 0.15) is 5.56 Å². The first-order valence-corrected chi connectivity index (χ1v) is 5.61. The molecule has 0 atom stereocenters. The molecule has 0 unspecified atom stereocenters. The summed E-state index contributed by atoms with van der Waals surface area (Å²) >= 11 is 5.78. The molecule has 0 saturated heterocycles. The van der Waals surface area contributed by atoms with Crippen LogP contribution in [0.3, 0.4) is 0 Å². The summed E-state index contributed by atoms with van der Waals surface area (Å²) in [5.74, 6) is -0.242. The van der Waals surface area contributed by atoms with Crippen LogP contribution in [-0.2, 0) is 6.54 Å². The molecule has 2 aromatic rings. The van der Waals surface area contributed by atoms with Crippen LogP contribution in [0.5, 0.6) is 0 Å². The zero-order valence-electron chi connectivity index (χ0n) is 9.08. The quantitative estimate of drug-likeness (QED) is 0.811. The van der Waals surface area contributed by atoms with Crippen LogP contribution in [0.15, 0.2) is 48.5 Å². The summed E-state index contributed by atoms with van der Waals surface area (Å²) in [5.41, 5.74) is 7.96. The third-order valence-corrected chi connectivity index (χ3v) is 2.53. The Bertz CT molecular complexity index is 422. The standard InChI is InChI=1S/C13H12ClFN2/c14-11-3-1-10(2-4-11)9-16-17-13-7-5-12(15)6-8-13/h1-8,16-17H,9H2. The minimum atomic E-state index is -0.242. The first-order valence-electron chi connectivity index (χ1n) is 5.23. The Morgan fingerprint density at radius 1 is 0.941 bits per heavy atom. The Morgan fingerprint density at radius 2 is 1.59 bits per heavy atom. The van der Waals surface area contributed by atoms with Gasteiger partial charge in [0.15, 0.2) is 0 Å². The smallest absolute Gasteiger partial charge is 0.123 e. The second-order valence-corrected chi connectivity index (χ2v) is 4.05. The van der Waals surface area contributed by atoms with Crippen molar-refractivity contribution in [3.8, 4) is 0 Å². The van der Waals surface area contributed by atoms with E-state index in [1.54, 1.807) is 12.1 Å². The van der Waals surface area contributed by atoms with Crippen molar-refractivity contribution in [2.45, 2.75) is 6.54 Å². The molecule has 0 amide bonds. The highest BCUT2D eigenvalue weighted by molar-refractivity contribution is 6.30. The van der Waals surface area contributed by atoms with Crippen molar-refractivity contribution in [3.05, 3.63) is 64.9 Å². The summed E-state index contributed by atoms with van der Waals surface area (Å²) in [4.78, 5) is 0. The van der Waals surface area contributed by atoms with Crippen molar-refractivity contribution in [3.63, 3.8) is 0 Å². The van der Waals surface area contributed by atoms with Gasteiger partial charge >= 0.3 is 0 Å². The number of hydrazine groups is 1. The summed E-state index contributed by atoms with van der Waals surface area (Å²) in [6, 6.07) is 13.7. The van der Waals surface area contributed by atoms with E-state index in [1.165, 1.54) is 12.1 Å². The van der Waals surface area contributed by atoms with Crippen LogP contribution in [-0.4, -0.2) is 0 Å². The van der Waals surface area contributed by atoms with Gasteiger partial charge in [0.25, 0.3) is 0 Å². The van der Waals surface area contributed by atoms with Crippen LogP contribution in [0.25, 0.3) is 0 Å².